The lowest BCUT2D eigenvalue weighted by Gasteiger charge is -2.34. The molecule has 1 fully saturated rings. The normalized spacial score (nSPS) is 19.4. The third-order valence-corrected chi connectivity index (χ3v) is 4.97. The predicted molar refractivity (Wildman–Crippen MR) is 80.6 cm³/mol. The Labute approximate surface area is 117 Å². The van der Waals surface area contributed by atoms with Crippen LogP contribution < -0.4 is 10.5 Å². The second-order valence-corrected chi connectivity index (χ2v) is 6.05. The van der Waals surface area contributed by atoms with E-state index in [4.69, 9.17) is 10.5 Å². The lowest BCUT2D eigenvalue weighted by atomic mass is 9.74. The number of methoxy groups -OCH3 is 1. The molecule has 1 saturated carbocycles. The van der Waals surface area contributed by atoms with E-state index in [9.17, 15) is 0 Å². The number of hydrogen-bond acceptors (Lipinski definition) is 2. The average molecular weight is 261 g/mol. The summed E-state index contributed by atoms with van der Waals surface area (Å²) < 4.78 is 5.47. The SMILES string of the molecule is CCC1(C(N)Cc2cc(C)ccc2OC)CCCC1. The van der Waals surface area contributed by atoms with Gasteiger partial charge in [0.2, 0.25) is 0 Å². The molecule has 2 heteroatoms. The van der Waals surface area contributed by atoms with Crippen molar-refractivity contribution in [1.82, 2.24) is 0 Å². The van der Waals surface area contributed by atoms with Crippen LogP contribution in [0, 0.1) is 12.3 Å². The molecule has 1 atom stereocenters. The van der Waals surface area contributed by atoms with Crippen molar-refractivity contribution < 1.29 is 4.74 Å². The maximum Gasteiger partial charge on any atom is 0.122 e. The predicted octanol–water partition coefficient (Wildman–Crippen LogP) is 3.84. The topological polar surface area (TPSA) is 35.2 Å². The van der Waals surface area contributed by atoms with Crippen molar-refractivity contribution >= 4 is 0 Å². The van der Waals surface area contributed by atoms with E-state index in [1.165, 1.54) is 43.2 Å². The second kappa shape index (κ2) is 5.96. The molecule has 19 heavy (non-hydrogen) atoms. The van der Waals surface area contributed by atoms with Crippen LogP contribution in [0.25, 0.3) is 0 Å². The monoisotopic (exact) mass is 261 g/mol. The Hall–Kier alpha value is -1.02. The van der Waals surface area contributed by atoms with Gasteiger partial charge in [0.25, 0.3) is 0 Å². The maximum absolute atomic E-state index is 6.57. The maximum atomic E-state index is 6.57. The first-order valence-electron chi connectivity index (χ1n) is 7.50. The number of aryl methyl sites for hydroxylation is 1. The van der Waals surface area contributed by atoms with Crippen molar-refractivity contribution in [3.63, 3.8) is 0 Å². The van der Waals surface area contributed by atoms with Crippen LogP contribution in [0.4, 0.5) is 0 Å². The Balaban J connectivity index is 2.18. The van der Waals surface area contributed by atoms with Gasteiger partial charge >= 0.3 is 0 Å². The molecule has 0 amide bonds. The highest BCUT2D eigenvalue weighted by atomic mass is 16.5. The van der Waals surface area contributed by atoms with Gasteiger partial charge in [0, 0.05) is 6.04 Å². The molecular formula is C17H27NO. The summed E-state index contributed by atoms with van der Waals surface area (Å²) in [6, 6.07) is 6.62. The molecule has 1 unspecified atom stereocenters. The highest BCUT2D eigenvalue weighted by Gasteiger charge is 2.37. The number of nitrogens with two attached hydrogens (primary N) is 1. The van der Waals surface area contributed by atoms with E-state index in [0.29, 0.717) is 5.41 Å². The summed E-state index contributed by atoms with van der Waals surface area (Å²) in [5.74, 6) is 0.977. The summed E-state index contributed by atoms with van der Waals surface area (Å²) in [4.78, 5) is 0. The molecular weight excluding hydrogens is 234 g/mol. The van der Waals surface area contributed by atoms with Gasteiger partial charge < -0.3 is 10.5 Å². The Morgan fingerprint density at radius 1 is 1.32 bits per heavy atom. The summed E-state index contributed by atoms with van der Waals surface area (Å²) in [6.07, 6.45) is 7.39. The van der Waals surface area contributed by atoms with Crippen LogP contribution in [0.15, 0.2) is 18.2 Å². The highest BCUT2D eigenvalue weighted by Crippen LogP contribution is 2.44. The zero-order valence-electron chi connectivity index (χ0n) is 12.5. The van der Waals surface area contributed by atoms with Crippen LogP contribution in [0.5, 0.6) is 5.75 Å². The van der Waals surface area contributed by atoms with Crippen molar-refractivity contribution in [2.75, 3.05) is 7.11 Å². The van der Waals surface area contributed by atoms with Crippen LogP contribution in [-0.2, 0) is 6.42 Å². The van der Waals surface area contributed by atoms with Crippen LogP contribution in [0.2, 0.25) is 0 Å². The average Bonchev–Trinajstić information content (AvgIpc) is 2.89. The van der Waals surface area contributed by atoms with Gasteiger partial charge in [-0.15, -0.1) is 0 Å². The highest BCUT2D eigenvalue weighted by molar-refractivity contribution is 5.37. The molecule has 0 spiro atoms. The summed E-state index contributed by atoms with van der Waals surface area (Å²) in [7, 11) is 1.74. The van der Waals surface area contributed by atoms with E-state index in [1.807, 2.05) is 0 Å². The molecule has 106 valence electrons. The first kappa shape index (κ1) is 14.4. The first-order valence-corrected chi connectivity index (χ1v) is 7.50. The third kappa shape index (κ3) is 2.94. The second-order valence-electron chi connectivity index (χ2n) is 6.05. The van der Waals surface area contributed by atoms with Gasteiger partial charge in [0.05, 0.1) is 7.11 Å². The van der Waals surface area contributed by atoms with Crippen LogP contribution in [0.3, 0.4) is 0 Å². The molecule has 1 aliphatic carbocycles. The zero-order chi connectivity index (χ0) is 13.9. The van der Waals surface area contributed by atoms with Gasteiger partial charge in [0.1, 0.15) is 5.75 Å². The molecule has 2 rings (SSSR count). The van der Waals surface area contributed by atoms with Gasteiger partial charge in [-0.05, 0) is 49.7 Å². The minimum atomic E-state index is 0.246. The minimum absolute atomic E-state index is 0.246. The molecule has 0 aliphatic heterocycles. The van der Waals surface area contributed by atoms with Crippen molar-refractivity contribution in [3.05, 3.63) is 29.3 Å². The lowest BCUT2D eigenvalue weighted by molar-refractivity contribution is 0.217. The molecule has 1 aliphatic rings. The van der Waals surface area contributed by atoms with Crippen molar-refractivity contribution in [3.8, 4) is 5.75 Å². The van der Waals surface area contributed by atoms with E-state index < -0.39 is 0 Å². The molecule has 1 aromatic carbocycles. The van der Waals surface area contributed by atoms with E-state index in [0.717, 1.165) is 12.2 Å². The number of benzene rings is 1. The fourth-order valence-corrected chi connectivity index (χ4v) is 3.59. The summed E-state index contributed by atoms with van der Waals surface area (Å²) in [5, 5.41) is 0. The minimum Gasteiger partial charge on any atom is -0.496 e. The zero-order valence-corrected chi connectivity index (χ0v) is 12.5. The Morgan fingerprint density at radius 2 is 2.00 bits per heavy atom. The van der Waals surface area contributed by atoms with Crippen molar-refractivity contribution in [2.45, 2.75) is 58.4 Å². The number of ether oxygens (including phenoxy) is 1. The molecule has 0 aromatic heterocycles. The van der Waals surface area contributed by atoms with Gasteiger partial charge in [-0.25, -0.2) is 0 Å². The van der Waals surface area contributed by atoms with Gasteiger partial charge in [-0.2, -0.15) is 0 Å². The Bertz CT molecular complexity index is 421. The van der Waals surface area contributed by atoms with Gasteiger partial charge in [-0.3, -0.25) is 0 Å². The van der Waals surface area contributed by atoms with Crippen molar-refractivity contribution in [2.24, 2.45) is 11.1 Å². The number of rotatable bonds is 5. The van der Waals surface area contributed by atoms with E-state index in [1.54, 1.807) is 7.11 Å². The quantitative estimate of drug-likeness (QED) is 0.874. The van der Waals surface area contributed by atoms with Crippen LogP contribution >= 0.6 is 0 Å². The van der Waals surface area contributed by atoms with E-state index in [-0.39, 0.29) is 6.04 Å². The molecule has 2 nitrogen and oxygen atoms in total. The Morgan fingerprint density at radius 3 is 2.58 bits per heavy atom. The largest absolute Gasteiger partial charge is 0.496 e. The first-order chi connectivity index (χ1) is 9.11. The van der Waals surface area contributed by atoms with E-state index >= 15 is 0 Å². The summed E-state index contributed by atoms with van der Waals surface area (Å²) >= 11 is 0. The smallest absolute Gasteiger partial charge is 0.122 e. The molecule has 1 aromatic rings. The lowest BCUT2D eigenvalue weighted by Crippen LogP contribution is -2.41. The molecule has 2 N–H and O–H groups in total. The molecule has 0 heterocycles. The van der Waals surface area contributed by atoms with Crippen LogP contribution in [0.1, 0.15) is 50.2 Å². The van der Waals surface area contributed by atoms with E-state index in [2.05, 4.69) is 32.0 Å². The fourth-order valence-electron chi connectivity index (χ4n) is 3.59. The van der Waals surface area contributed by atoms with Gasteiger partial charge in [-0.1, -0.05) is 37.5 Å². The molecule has 0 saturated heterocycles. The van der Waals surface area contributed by atoms with Crippen molar-refractivity contribution in [1.29, 1.82) is 0 Å². The number of hydrogen-bond donors (Lipinski definition) is 1. The summed E-state index contributed by atoms with van der Waals surface area (Å²) in [5.41, 5.74) is 9.47. The van der Waals surface area contributed by atoms with Crippen LogP contribution in [-0.4, -0.2) is 13.2 Å². The summed E-state index contributed by atoms with van der Waals surface area (Å²) in [6.45, 7) is 4.41. The third-order valence-electron chi connectivity index (χ3n) is 4.97. The van der Waals surface area contributed by atoms with Gasteiger partial charge in [0.15, 0.2) is 0 Å². The fraction of sp³-hybridized carbons (Fsp3) is 0.647. The molecule has 0 radical (unpaired) electrons. The standard InChI is InChI=1S/C17H27NO/c1-4-17(9-5-6-10-17)16(18)12-14-11-13(2)7-8-15(14)19-3/h7-8,11,16H,4-6,9-10,12,18H2,1-3H3. The Kier molecular flexibility index (Phi) is 4.51. The molecule has 0 bridgehead atoms.